The summed E-state index contributed by atoms with van der Waals surface area (Å²) in [5.74, 6) is 0.473. The number of hydrogen-bond acceptors (Lipinski definition) is 8. The van der Waals surface area contributed by atoms with Gasteiger partial charge in [-0.25, -0.2) is 10.2 Å². The molecular formula is C31H35N3O7. The van der Waals surface area contributed by atoms with E-state index in [-0.39, 0.29) is 12.3 Å². The van der Waals surface area contributed by atoms with Crippen molar-refractivity contribution in [3.63, 3.8) is 0 Å². The largest absolute Gasteiger partial charge is 0.494 e. The lowest BCUT2D eigenvalue weighted by Crippen LogP contribution is -2.34. The highest BCUT2D eigenvalue weighted by molar-refractivity contribution is 5.96. The molecule has 3 aromatic rings. The van der Waals surface area contributed by atoms with Gasteiger partial charge < -0.3 is 24.3 Å². The minimum atomic E-state index is -0.542. The first-order chi connectivity index (χ1) is 19.9. The smallest absolute Gasteiger partial charge is 0.343 e. The Morgan fingerprint density at radius 1 is 0.805 bits per heavy atom. The first-order valence-electron chi connectivity index (χ1n) is 13.4. The SMILES string of the molecule is CCCCOc1ccc(C(=O)Oc2ccc(/C=N/NC(=O)CNC(=O)c3ccc(OCCC)cc3)cc2OC)cc1. The molecule has 0 bridgehead atoms. The number of esters is 1. The normalized spacial score (nSPS) is 10.6. The molecule has 0 atom stereocenters. The maximum Gasteiger partial charge on any atom is 0.343 e. The number of amides is 2. The van der Waals surface area contributed by atoms with Crippen LogP contribution in [-0.2, 0) is 4.79 Å². The third-order valence-corrected chi connectivity index (χ3v) is 5.65. The second kappa shape index (κ2) is 16.3. The van der Waals surface area contributed by atoms with Crippen LogP contribution in [0.4, 0.5) is 0 Å². The van der Waals surface area contributed by atoms with Crippen molar-refractivity contribution in [1.29, 1.82) is 0 Å². The minimum absolute atomic E-state index is 0.231. The molecule has 0 radical (unpaired) electrons. The van der Waals surface area contributed by atoms with Crippen LogP contribution in [-0.4, -0.2) is 50.9 Å². The van der Waals surface area contributed by atoms with Gasteiger partial charge in [0.1, 0.15) is 11.5 Å². The first kappa shape index (κ1) is 30.7. The fraction of sp³-hybridized carbons (Fsp3) is 0.290. The van der Waals surface area contributed by atoms with Gasteiger partial charge in [-0.1, -0.05) is 20.3 Å². The number of ether oxygens (including phenoxy) is 4. The number of hydrogen-bond donors (Lipinski definition) is 2. The van der Waals surface area contributed by atoms with E-state index in [1.807, 2.05) is 6.92 Å². The van der Waals surface area contributed by atoms with Crippen LogP contribution in [0.5, 0.6) is 23.0 Å². The van der Waals surface area contributed by atoms with Gasteiger partial charge in [0, 0.05) is 5.56 Å². The second-order valence-electron chi connectivity index (χ2n) is 8.87. The summed E-state index contributed by atoms with van der Waals surface area (Å²) in [5, 5.41) is 6.45. The fourth-order valence-electron chi connectivity index (χ4n) is 3.43. The van der Waals surface area contributed by atoms with E-state index in [1.54, 1.807) is 66.7 Å². The van der Waals surface area contributed by atoms with E-state index in [0.717, 1.165) is 19.3 Å². The fourth-order valence-corrected chi connectivity index (χ4v) is 3.43. The summed E-state index contributed by atoms with van der Waals surface area (Å²) in [6.07, 6.45) is 4.29. The van der Waals surface area contributed by atoms with Gasteiger partial charge in [0.15, 0.2) is 11.5 Å². The van der Waals surface area contributed by atoms with E-state index in [1.165, 1.54) is 13.3 Å². The molecule has 2 amide bonds. The number of rotatable bonds is 15. The molecule has 41 heavy (non-hydrogen) atoms. The van der Waals surface area contributed by atoms with Crippen LogP contribution < -0.4 is 29.7 Å². The van der Waals surface area contributed by atoms with Crippen molar-refractivity contribution in [2.75, 3.05) is 26.9 Å². The summed E-state index contributed by atoms with van der Waals surface area (Å²) in [5.41, 5.74) is 3.72. The van der Waals surface area contributed by atoms with Crippen molar-refractivity contribution in [2.24, 2.45) is 5.10 Å². The van der Waals surface area contributed by atoms with E-state index in [2.05, 4.69) is 22.8 Å². The third-order valence-electron chi connectivity index (χ3n) is 5.65. The molecule has 10 heteroatoms. The summed E-state index contributed by atoms with van der Waals surface area (Å²) >= 11 is 0. The number of carbonyl (C=O) groups excluding carboxylic acids is 3. The molecule has 0 aliphatic rings. The molecule has 0 aliphatic heterocycles. The van der Waals surface area contributed by atoms with E-state index in [9.17, 15) is 14.4 Å². The predicted octanol–water partition coefficient (Wildman–Crippen LogP) is 4.76. The highest BCUT2D eigenvalue weighted by Gasteiger charge is 2.13. The van der Waals surface area contributed by atoms with Crippen LogP contribution in [0.25, 0.3) is 0 Å². The minimum Gasteiger partial charge on any atom is -0.494 e. The number of unbranched alkanes of at least 4 members (excludes halogenated alkanes) is 1. The molecule has 0 aromatic heterocycles. The number of methoxy groups -OCH3 is 1. The zero-order chi connectivity index (χ0) is 29.5. The van der Waals surface area contributed by atoms with Crippen molar-refractivity contribution in [3.05, 3.63) is 83.4 Å². The highest BCUT2D eigenvalue weighted by atomic mass is 16.6. The van der Waals surface area contributed by atoms with Crippen molar-refractivity contribution in [1.82, 2.24) is 10.7 Å². The Labute approximate surface area is 239 Å². The van der Waals surface area contributed by atoms with Crippen molar-refractivity contribution >= 4 is 24.0 Å². The number of benzene rings is 3. The summed E-state index contributed by atoms with van der Waals surface area (Å²) in [6.45, 7) is 5.06. The number of nitrogens with one attached hydrogen (secondary N) is 2. The van der Waals surface area contributed by atoms with Crippen molar-refractivity contribution < 1.29 is 33.3 Å². The zero-order valence-corrected chi connectivity index (χ0v) is 23.5. The molecule has 216 valence electrons. The molecular weight excluding hydrogens is 526 g/mol. The van der Waals surface area contributed by atoms with Crippen LogP contribution in [0.1, 0.15) is 59.4 Å². The molecule has 0 aliphatic carbocycles. The Morgan fingerprint density at radius 2 is 1.46 bits per heavy atom. The summed E-state index contributed by atoms with van der Waals surface area (Å²) < 4.78 is 22.0. The van der Waals surface area contributed by atoms with Crippen LogP contribution in [0.2, 0.25) is 0 Å². The first-order valence-corrected chi connectivity index (χ1v) is 13.4. The second-order valence-corrected chi connectivity index (χ2v) is 8.87. The van der Waals surface area contributed by atoms with Gasteiger partial charge >= 0.3 is 5.97 Å². The third kappa shape index (κ3) is 9.99. The van der Waals surface area contributed by atoms with Crippen LogP contribution in [0.3, 0.4) is 0 Å². The van der Waals surface area contributed by atoms with E-state index < -0.39 is 17.8 Å². The van der Waals surface area contributed by atoms with Gasteiger partial charge in [-0.3, -0.25) is 9.59 Å². The molecule has 2 N–H and O–H groups in total. The Balaban J connectivity index is 1.48. The average Bonchev–Trinajstić information content (AvgIpc) is 3.00. The van der Waals surface area contributed by atoms with Crippen molar-refractivity contribution in [2.45, 2.75) is 33.1 Å². The molecule has 3 aromatic carbocycles. The van der Waals surface area contributed by atoms with Crippen molar-refractivity contribution in [3.8, 4) is 23.0 Å². The molecule has 3 rings (SSSR count). The van der Waals surface area contributed by atoms with Gasteiger partial charge in [-0.15, -0.1) is 0 Å². The Bertz CT molecular complexity index is 1320. The molecule has 0 saturated heterocycles. The molecule has 0 fully saturated rings. The van der Waals surface area contributed by atoms with E-state index in [4.69, 9.17) is 18.9 Å². The monoisotopic (exact) mass is 561 g/mol. The number of nitrogens with zero attached hydrogens (tertiary/aromatic N) is 1. The quantitative estimate of drug-likeness (QED) is 0.0901. The summed E-state index contributed by atoms with van der Waals surface area (Å²) in [7, 11) is 1.45. The van der Waals surface area contributed by atoms with Gasteiger partial charge in [0.2, 0.25) is 0 Å². The van der Waals surface area contributed by atoms with E-state index in [0.29, 0.717) is 47.2 Å². The molecule has 0 heterocycles. The zero-order valence-electron chi connectivity index (χ0n) is 23.5. The lowest BCUT2D eigenvalue weighted by atomic mass is 10.2. The van der Waals surface area contributed by atoms with Crippen LogP contribution in [0.15, 0.2) is 71.8 Å². The van der Waals surface area contributed by atoms with Crippen LogP contribution in [0, 0.1) is 0 Å². The standard InChI is InChI=1S/C31H35N3O7/c1-4-6-18-40-26-14-10-24(11-15-26)31(37)41-27-16-7-22(19-28(27)38-3)20-33-34-29(35)21-32-30(36)23-8-12-25(13-9-23)39-17-5-2/h7-16,19-20H,4-6,17-18,21H2,1-3H3,(H,32,36)(H,34,35)/b33-20+. The van der Waals surface area contributed by atoms with Crippen LogP contribution >= 0.6 is 0 Å². The Kier molecular flexibility index (Phi) is 12.2. The Hall–Kier alpha value is -4.86. The van der Waals surface area contributed by atoms with E-state index >= 15 is 0 Å². The topological polar surface area (TPSA) is 125 Å². The number of carbonyl (C=O) groups is 3. The average molecular weight is 562 g/mol. The lowest BCUT2D eigenvalue weighted by Gasteiger charge is -2.10. The van der Waals surface area contributed by atoms with Gasteiger partial charge in [0.05, 0.1) is 38.6 Å². The summed E-state index contributed by atoms with van der Waals surface area (Å²) in [4.78, 5) is 37.0. The maximum atomic E-state index is 12.6. The highest BCUT2D eigenvalue weighted by Crippen LogP contribution is 2.28. The molecule has 0 spiro atoms. The van der Waals surface area contributed by atoms with Gasteiger partial charge in [-0.2, -0.15) is 5.10 Å². The molecule has 10 nitrogen and oxygen atoms in total. The van der Waals surface area contributed by atoms with Gasteiger partial charge in [0.25, 0.3) is 11.8 Å². The lowest BCUT2D eigenvalue weighted by molar-refractivity contribution is -0.120. The molecule has 0 unspecified atom stereocenters. The maximum absolute atomic E-state index is 12.6. The molecule has 0 saturated carbocycles. The van der Waals surface area contributed by atoms with Gasteiger partial charge in [-0.05, 0) is 85.1 Å². The summed E-state index contributed by atoms with van der Waals surface area (Å²) in [6, 6.07) is 18.2. The number of hydrazone groups is 1. The predicted molar refractivity (Wildman–Crippen MR) is 155 cm³/mol. The Morgan fingerprint density at radius 3 is 2.10 bits per heavy atom.